The number of amides is 1. The van der Waals surface area contributed by atoms with Crippen LogP contribution in [0.3, 0.4) is 0 Å². The summed E-state index contributed by atoms with van der Waals surface area (Å²) in [4.78, 5) is 29.4. The predicted molar refractivity (Wildman–Crippen MR) is 178 cm³/mol. The Kier molecular flexibility index (Phi) is 8.27. The third kappa shape index (κ3) is 6.37. The fourth-order valence-electron chi connectivity index (χ4n) is 7.02. The van der Waals surface area contributed by atoms with Crippen LogP contribution in [0.15, 0.2) is 67.6 Å². The molecule has 1 aliphatic carbocycles. The number of aliphatic hydroxyl groups excluding tert-OH is 1. The number of nitrogens with zero attached hydrogens (tertiary/aromatic N) is 5. The minimum atomic E-state index is -0.499. The molecule has 3 fully saturated rings. The number of nitrogens with one attached hydrogen (secondary N) is 2. The number of hydrogen-bond donors (Lipinski definition) is 3. The van der Waals surface area contributed by atoms with E-state index in [2.05, 4.69) is 37.1 Å². The number of aliphatic hydroxyl groups is 1. The van der Waals surface area contributed by atoms with Crippen LogP contribution >= 0.6 is 0 Å². The molecule has 11 nitrogen and oxygen atoms in total. The number of pyridine rings is 1. The largest absolute Gasteiger partial charge is 0.495 e. The second-order valence-corrected chi connectivity index (χ2v) is 12.7. The highest BCUT2D eigenvalue weighted by atomic mass is 19.1. The quantitative estimate of drug-likeness (QED) is 0.198. The van der Waals surface area contributed by atoms with E-state index >= 15 is 4.39 Å². The van der Waals surface area contributed by atoms with Gasteiger partial charge in [-0.25, -0.2) is 19.3 Å². The summed E-state index contributed by atoms with van der Waals surface area (Å²) < 4.78 is 27.1. The van der Waals surface area contributed by atoms with Gasteiger partial charge in [0.05, 0.1) is 30.1 Å². The lowest BCUT2D eigenvalue weighted by Crippen LogP contribution is -2.42. The molecule has 2 aromatic carbocycles. The zero-order chi connectivity index (χ0) is 32.5. The van der Waals surface area contributed by atoms with Crippen molar-refractivity contribution in [3.63, 3.8) is 0 Å². The van der Waals surface area contributed by atoms with Crippen LogP contribution in [0.5, 0.6) is 17.2 Å². The van der Waals surface area contributed by atoms with E-state index in [9.17, 15) is 9.90 Å². The van der Waals surface area contributed by atoms with E-state index < -0.39 is 5.82 Å². The van der Waals surface area contributed by atoms with Gasteiger partial charge < -0.3 is 35.0 Å². The molecule has 2 saturated heterocycles. The molecule has 7 rings (SSSR count). The van der Waals surface area contributed by atoms with E-state index in [-0.39, 0.29) is 29.2 Å². The van der Waals surface area contributed by atoms with E-state index in [1.807, 2.05) is 18.2 Å². The second-order valence-electron chi connectivity index (χ2n) is 12.7. The Morgan fingerprint density at radius 1 is 1.06 bits per heavy atom. The third-order valence-corrected chi connectivity index (χ3v) is 9.54. The van der Waals surface area contributed by atoms with Gasteiger partial charge in [-0.05, 0) is 67.9 Å². The fraction of sp³-hybridized carbons (Fsp3) is 0.371. The first-order chi connectivity index (χ1) is 22.8. The SMILES string of the molecule is C=CC(=O)N1CCC(Nc2cc3c(Nc4ccc(Oc5ccnc(N6CCC7(CC(O)C7)C6)c5)cc4F)ncnc3cc2OC)CC1. The van der Waals surface area contributed by atoms with Crippen molar-refractivity contribution in [3.05, 3.63) is 73.5 Å². The first kappa shape index (κ1) is 30.7. The van der Waals surface area contributed by atoms with Crippen molar-refractivity contribution in [1.29, 1.82) is 0 Å². The van der Waals surface area contributed by atoms with Crippen LogP contribution in [0.4, 0.5) is 27.4 Å². The van der Waals surface area contributed by atoms with Crippen molar-refractivity contribution in [3.8, 4) is 17.2 Å². The van der Waals surface area contributed by atoms with Gasteiger partial charge in [0.25, 0.3) is 0 Å². The average molecular weight is 640 g/mol. The Balaban J connectivity index is 1.05. The highest BCUT2D eigenvalue weighted by molar-refractivity contribution is 5.95. The van der Waals surface area contributed by atoms with Gasteiger partial charge in [0, 0.05) is 62.0 Å². The van der Waals surface area contributed by atoms with Crippen LogP contribution in [0.1, 0.15) is 32.1 Å². The highest BCUT2D eigenvalue weighted by Crippen LogP contribution is 2.49. The highest BCUT2D eigenvalue weighted by Gasteiger charge is 2.48. The number of fused-ring (bicyclic) bond motifs is 1. The lowest BCUT2D eigenvalue weighted by molar-refractivity contribution is -0.126. The second kappa shape index (κ2) is 12.7. The predicted octanol–water partition coefficient (Wildman–Crippen LogP) is 5.65. The molecule has 2 aromatic heterocycles. The van der Waals surface area contributed by atoms with E-state index in [4.69, 9.17) is 9.47 Å². The molecule has 2 aliphatic heterocycles. The number of benzene rings is 2. The Morgan fingerprint density at radius 3 is 2.62 bits per heavy atom. The fourth-order valence-corrected chi connectivity index (χ4v) is 7.02. The lowest BCUT2D eigenvalue weighted by Gasteiger charge is -2.42. The summed E-state index contributed by atoms with van der Waals surface area (Å²) in [6, 6.07) is 12.2. The van der Waals surface area contributed by atoms with Gasteiger partial charge in [-0.1, -0.05) is 6.58 Å². The van der Waals surface area contributed by atoms with Gasteiger partial charge in [0.2, 0.25) is 5.91 Å². The van der Waals surface area contributed by atoms with Crippen molar-refractivity contribution in [2.45, 2.75) is 44.2 Å². The zero-order valence-corrected chi connectivity index (χ0v) is 26.3. The number of hydrogen-bond acceptors (Lipinski definition) is 10. The molecule has 1 spiro atoms. The van der Waals surface area contributed by atoms with Crippen LogP contribution in [-0.4, -0.2) is 76.3 Å². The molecule has 47 heavy (non-hydrogen) atoms. The maximum absolute atomic E-state index is 15.5. The Labute approximate surface area is 272 Å². The number of carbonyl (C=O) groups excluding carboxylic acids is 1. The van der Waals surface area contributed by atoms with Crippen molar-refractivity contribution >= 4 is 39.8 Å². The van der Waals surface area contributed by atoms with Crippen molar-refractivity contribution in [2.75, 3.05) is 48.8 Å². The Hall–Kier alpha value is -4.97. The number of ether oxygens (including phenoxy) is 2. The summed E-state index contributed by atoms with van der Waals surface area (Å²) in [5.41, 5.74) is 1.83. The molecule has 0 radical (unpaired) electrons. The number of piperidine rings is 1. The van der Waals surface area contributed by atoms with Gasteiger partial charge in [0.15, 0.2) is 0 Å². The molecule has 1 amide bonds. The Bertz CT molecular complexity index is 1810. The minimum absolute atomic E-state index is 0.0557. The van der Waals surface area contributed by atoms with Crippen molar-refractivity contribution in [2.24, 2.45) is 5.41 Å². The van der Waals surface area contributed by atoms with E-state index in [0.717, 1.165) is 56.7 Å². The molecule has 0 bridgehead atoms. The molecule has 0 atom stereocenters. The Morgan fingerprint density at radius 2 is 1.87 bits per heavy atom. The number of carbonyl (C=O) groups is 1. The summed E-state index contributed by atoms with van der Waals surface area (Å²) in [7, 11) is 1.60. The molecule has 3 aliphatic rings. The molecule has 3 N–H and O–H groups in total. The molecule has 12 heteroatoms. The molecular formula is C35H38FN7O4. The summed E-state index contributed by atoms with van der Waals surface area (Å²) in [5, 5.41) is 17.2. The molecule has 1 saturated carbocycles. The van der Waals surface area contributed by atoms with Gasteiger partial charge in [-0.3, -0.25) is 4.79 Å². The van der Waals surface area contributed by atoms with Crippen molar-refractivity contribution < 1.29 is 23.8 Å². The minimum Gasteiger partial charge on any atom is -0.495 e. The summed E-state index contributed by atoms with van der Waals surface area (Å²) in [6.45, 7) is 6.62. The summed E-state index contributed by atoms with van der Waals surface area (Å²) in [6.07, 6.45) is 8.57. The molecular weight excluding hydrogens is 601 g/mol. The molecule has 0 unspecified atom stereocenters. The van der Waals surface area contributed by atoms with E-state index in [1.54, 1.807) is 36.4 Å². The van der Waals surface area contributed by atoms with Gasteiger partial charge in [-0.15, -0.1) is 0 Å². The van der Waals surface area contributed by atoms with Crippen LogP contribution in [0.2, 0.25) is 0 Å². The van der Waals surface area contributed by atoms with Gasteiger partial charge in [0.1, 0.15) is 41.0 Å². The van der Waals surface area contributed by atoms with Crippen molar-refractivity contribution in [1.82, 2.24) is 19.9 Å². The number of halogens is 1. The molecule has 244 valence electrons. The zero-order valence-electron chi connectivity index (χ0n) is 26.3. The number of rotatable bonds is 9. The standard InChI is InChI=1S/C35H38FN7O4/c1-3-33(45)42-11-7-22(8-12-42)40-30-16-26-29(17-31(30)46-2)38-21-39-34(26)41-28-5-4-24(14-27(28)36)47-25-6-10-37-32(15-25)43-13-9-35(20-43)18-23(44)19-35/h3-6,10,14-17,21-23,40,44H,1,7-9,11-13,18-20H2,2H3,(H,38,39,41). The summed E-state index contributed by atoms with van der Waals surface area (Å²) >= 11 is 0. The first-order valence-corrected chi connectivity index (χ1v) is 16.0. The number of anilines is 4. The topological polar surface area (TPSA) is 125 Å². The smallest absolute Gasteiger partial charge is 0.245 e. The van der Waals surface area contributed by atoms with Crippen LogP contribution in [-0.2, 0) is 4.79 Å². The third-order valence-electron chi connectivity index (χ3n) is 9.54. The van der Waals surface area contributed by atoms with Gasteiger partial charge >= 0.3 is 0 Å². The van der Waals surface area contributed by atoms with Crippen LogP contribution in [0, 0.1) is 11.2 Å². The van der Waals surface area contributed by atoms with Crippen LogP contribution in [0.25, 0.3) is 10.9 Å². The number of likely N-dealkylation sites (tertiary alicyclic amines) is 1. The maximum Gasteiger partial charge on any atom is 0.245 e. The summed E-state index contributed by atoms with van der Waals surface area (Å²) in [5.74, 6) is 2.26. The molecule has 4 aromatic rings. The molecule has 4 heterocycles. The van der Waals surface area contributed by atoms with Crippen LogP contribution < -0.4 is 25.0 Å². The normalized spacial score (nSPS) is 21.0. The number of methoxy groups -OCH3 is 1. The van der Waals surface area contributed by atoms with E-state index in [0.29, 0.717) is 47.1 Å². The number of aromatic nitrogens is 3. The van der Waals surface area contributed by atoms with E-state index in [1.165, 1.54) is 18.5 Å². The maximum atomic E-state index is 15.5. The average Bonchev–Trinajstić information content (AvgIpc) is 3.51. The van der Waals surface area contributed by atoms with Gasteiger partial charge in [-0.2, -0.15) is 0 Å². The first-order valence-electron chi connectivity index (χ1n) is 16.0. The monoisotopic (exact) mass is 639 g/mol. The lowest BCUT2D eigenvalue weighted by atomic mass is 9.66.